The van der Waals surface area contributed by atoms with E-state index in [0.717, 1.165) is 48.3 Å². The summed E-state index contributed by atoms with van der Waals surface area (Å²) in [6.07, 6.45) is 5.00. The van der Waals surface area contributed by atoms with E-state index in [-0.39, 0.29) is 28.0 Å². The summed E-state index contributed by atoms with van der Waals surface area (Å²) in [5.41, 5.74) is 1.36. The number of carboxylic acids is 1. The average molecular weight is 643 g/mol. The fraction of sp³-hybridized carbons (Fsp3) is 0.323. The third kappa shape index (κ3) is 6.63. The van der Waals surface area contributed by atoms with Crippen LogP contribution in [-0.2, 0) is 28.0 Å². The maximum Gasteiger partial charge on any atom is 0.355 e. The normalized spacial score (nSPS) is 16.2. The molecule has 2 aliphatic carbocycles. The molecule has 2 aromatic carbocycles. The predicted molar refractivity (Wildman–Crippen MR) is 160 cm³/mol. The molecule has 13 heteroatoms. The van der Waals surface area contributed by atoms with E-state index in [1.807, 2.05) is 0 Å². The number of nitrogens with zero attached hydrogens (tertiary/aromatic N) is 3. The van der Waals surface area contributed by atoms with Crippen molar-refractivity contribution in [1.82, 2.24) is 14.8 Å². The van der Waals surface area contributed by atoms with E-state index in [1.165, 1.54) is 29.6 Å². The number of hydrogen-bond donors (Lipinski definition) is 2. The lowest BCUT2D eigenvalue weighted by Gasteiger charge is -2.10. The van der Waals surface area contributed by atoms with Crippen LogP contribution in [0.3, 0.4) is 0 Å². The molecule has 0 saturated heterocycles. The standard InChI is InChI=1S/C31H27F3N4O3S2.H2O/c32-23-7-6-21(16-20(23)9-12-31(34)10-1-2-11-31)28-22(13-19-5-8-27(43(35)41)24(33)14-19)26(15-18-3-4-18)38(37-28)30-36-25(17-42-30)29(39)40;/h5-8,14,16-18H,1-4,10-11,13,15H2,(H2,35,41)(H,39,40);1H2. The van der Waals surface area contributed by atoms with E-state index >= 15 is 0 Å². The molecule has 2 fully saturated rings. The van der Waals surface area contributed by atoms with Gasteiger partial charge >= 0.3 is 5.97 Å². The zero-order valence-electron chi connectivity index (χ0n) is 23.4. The Labute approximate surface area is 258 Å². The van der Waals surface area contributed by atoms with E-state index < -0.39 is 34.3 Å². The van der Waals surface area contributed by atoms with Gasteiger partial charge in [-0.2, -0.15) is 5.10 Å². The first-order chi connectivity index (χ1) is 20.6. The van der Waals surface area contributed by atoms with Crippen molar-refractivity contribution in [2.75, 3.05) is 0 Å². The first-order valence-corrected chi connectivity index (χ1v) is 16.1. The Bertz CT molecular complexity index is 1820. The summed E-state index contributed by atoms with van der Waals surface area (Å²) in [5.74, 6) is 3.30. The topological polar surface area (TPSA) is 141 Å². The van der Waals surface area contributed by atoms with Crippen molar-refractivity contribution in [2.24, 2.45) is 11.1 Å². The number of aromatic nitrogens is 3. The van der Waals surface area contributed by atoms with Gasteiger partial charge < -0.3 is 10.6 Å². The zero-order chi connectivity index (χ0) is 30.3. The van der Waals surface area contributed by atoms with Gasteiger partial charge in [0.25, 0.3) is 0 Å². The van der Waals surface area contributed by atoms with Crippen LogP contribution >= 0.6 is 11.3 Å². The number of nitrogens with two attached hydrogens (primary N) is 1. The van der Waals surface area contributed by atoms with Crippen molar-refractivity contribution in [3.05, 3.63) is 81.5 Å². The van der Waals surface area contributed by atoms with Crippen LogP contribution in [0.5, 0.6) is 0 Å². The highest BCUT2D eigenvalue weighted by molar-refractivity contribution is 7.82. The summed E-state index contributed by atoms with van der Waals surface area (Å²) in [6.45, 7) is 0. The number of carboxylic acid groups (broad SMARTS) is 1. The van der Waals surface area contributed by atoms with Gasteiger partial charge in [-0.1, -0.05) is 22.1 Å². The van der Waals surface area contributed by atoms with Crippen LogP contribution in [0.25, 0.3) is 16.4 Å². The Hall–Kier alpha value is -3.83. The highest BCUT2D eigenvalue weighted by Crippen LogP contribution is 2.39. The van der Waals surface area contributed by atoms with Gasteiger partial charge in [-0.05, 0) is 86.8 Å². The van der Waals surface area contributed by atoms with Crippen LogP contribution in [-0.4, -0.2) is 37.0 Å². The van der Waals surface area contributed by atoms with Crippen molar-refractivity contribution in [3.8, 4) is 28.2 Å². The molecule has 1 atom stereocenters. The van der Waals surface area contributed by atoms with Gasteiger partial charge in [0, 0.05) is 22.9 Å². The van der Waals surface area contributed by atoms with Gasteiger partial charge in [0.05, 0.1) is 17.0 Å². The first-order valence-electron chi connectivity index (χ1n) is 13.9. The molecule has 230 valence electrons. The SMILES string of the molecule is N[SH+](=O)c1ccc(Cc2c(-c3ccc(F)c(C#CC4(F)CCCC4)c3)nn(-c3nc(C(=O)O)cs3)c2CC2CC2)cc1F.[OH-]. The molecular weight excluding hydrogens is 613 g/mol. The molecule has 2 heterocycles. The second-order valence-corrected chi connectivity index (χ2v) is 13.0. The Balaban J connectivity index is 0.00000384. The number of halogens is 3. The molecule has 0 aliphatic heterocycles. The van der Waals surface area contributed by atoms with Crippen molar-refractivity contribution in [1.29, 1.82) is 0 Å². The van der Waals surface area contributed by atoms with Crippen molar-refractivity contribution >= 4 is 28.3 Å². The van der Waals surface area contributed by atoms with Crippen LogP contribution < -0.4 is 5.14 Å². The smallest absolute Gasteiger partial charge is 0.355 e. The number of rotatable bonds is 8. The largest absolute Gasteiger partial charge is 0.870 e. The minimum Gasteiger partial charge on any atom is -0.870 e. The minimum absolute atomic E-state index is 0. The number of thiazole rings is 1. The fourth-order valence-electron chi connectivity index (χ4n) is 5.38. The summed E-state index contributed by atoms with van der Waals surface area (Å²) >= 11 is 1.13. The van der Waals surface area contributed by atoms with Gasteiger partial charge in [0.2, 0.25) is 10.0 Å². The number of benzene rings is 2. The molecule has 4 aromatic rings. The Morgan fingerprint density at radius 2 is 1.91 bits per heavy atom. The third-order valence-corrected chi connectivity index (χ3v) is 9.50. The number of aromatic carboxylic acids is 1. The molecule has 1 unspecified atom stereocenters. The summed E-state index contributed by atoms with van der Waals surface area (Å²) < 4.78 is 58.0. The monoisotopic (exact) mass is 642 g/mol. The van der Waals surface area contributed by atoms with Gasteiger partial charge in [-0.15, -0.1) is 16.5 Å². The second-order valence-electron chi connectivity index (χ2n) is 11.1. The number of hydrogen-bond acceptors (Lipinski definition) is 6. The van der Waals surface area contributed by atoms with Gasteiger partial charge in [0.15, 0.2) is 28.2 Å². The van der Waals surface area contributed by atoms with Gasteiger partial charge in [-0.25, -0.2) is 27.6 Å². The summed E-state index contributed by atoms with van der Waals surface area (Å²) in [4.78, 5) is 15.8. The molecule has 8 nitrogen and oxygen atoms in total. The first kappa shape index (κ1) is 31.6. The lowest BCUT2D eigenvalue weighted by Crippen LogP contribution is -2.13. The minimum atomic E-state index is -2.36. The van der Waals surface area contributed by atoms with E-state index in [4.69, 9.17) is 10.2 Å². The molecule has 0 bridgehead atoms. The molecule has 6 rings (SSSR count). The molecule has 0 amide bonds. The Morgan fingerprint density at radius 1 is 1.16 bits per heavy atom. The maximum atomic E-state index is 15.0. The van der Waals surface area contributed by atoms with E-state index in [0.29, 0.717) is 47.1 Å². The van der Waals surface area contributed by atoms with Crippen molar-refractivity contribution in [2.45, 2.75) is 61.9 Å². The molecule has 2 aliphatic rings. The molecule has 44 heavy (non-hydrogen) atoms. The molecular formula is C31H29F3N4O4S2. The lowest BCUT2D eigenvalue weighted by atomic mass is 9.96. The average Bonchev–Trinajstić information content (AvgIpc) is 3.31. The van der Waals surface area contributed by atoms with Crippen LogP contribution in [0.2, 0.25) is 0 Å². The molecule has 0 radical (unpaired) electrons. The van der Waals surface area contributed by atoms with Crippen molar-refractivity contribution < 1.29 is 32.8 Å². The highest BCUT2D eigenvalue weighted by Gasteiger charge is 2.32. The van der Waals surface area contributed by atoms with Crippen LogP contribution in [0, 0.1) is 29.4 Å². The quantitative estimate of drug-likeness (QED) is 0.139. The van der Waals surface area contributed by atoms with Gasteiger partial charge in [0.1, 0.15) is 5.82 Å². The maximum absolute atomic E-state index is 15.0. The second kappa shape index (κ2) is 12.6. The van der Waals surface area contributed by atoms with Crippen molar-refractivity contribution in [3.63, 3.8) is 0 Å². The van der Waals surface area contributed by atoms with E-state index in [1.54, 1.807) is 16.8 Å². The highest BCUT2D eigenvalue weighted by atomic mass is 32.2. The summed E-state index contributed by atoms with van der Waals surface area (Å²) in [5, 5.41) is 21.5. The van der Waals surface area contributed by atoms with E-state index in [9.17, 15) is 27.3 Å². The molecule has 0 spiro atoms. The molecule has 4 N–H and O–H groups in total. The summed E-state index contributed by atoms with van der Waals surface area (Å²) in [7, 11) is -2.36. The number of alkyl halides is 1. The third-order valence-electron chi connectivity index (χ3n) is 7.85. The van der Waals surface area contributed by atoms with Crippen LogP contribution in [0.1, 0.15) is 71.4 Å². The molecule has 2 aromatic heterocycles. The summed E-state index contributed by atoms with van der Waals surface area (Å²) in [6, 6.07) is 8.69. The Kier molecular flexibility index (Phi) is 9.08. The van der Waals surface area contributed by atoms with Crippen LogP contribution in [0.4, 0.5) is 13.2 Å². The fourth-order valence-corrected chi connectivity index (χ4v) is 6.65. The Morgan fingerprint density at radius 3 is 2.55 bits per heavy atom. The number of carbonyl (C=O) groups is 1. The van der Waals surface area contributed by atoms with E-state index in [2.05, 4.69) is 16.8 Å². The zero-order valence-corrected chi connectivity index (χ0v) is 25.1. The predicted octanol–water partition coefficient (Wildman–Crippen LogP) is 5.90. The lowest BCUT2D eigenvalue weighted by molar-refractivity contribution is 0.0691. The molecule has 2 saturated carbocycles. The van der Waals surface area contributed by atoms with Crippen LogP contribution in [0.15, 0.2) is 46.7 Å². The van der Waals surface area contributed by atoms with Gasteiger partial charge in [-0.3, -0.25) is 0 Å². The number of thiol groups is 1.